The van der Waals surface area contributed by atoms with Crippen LogP contribution < -0.4 is 14.8 Å². The number of rotatable bonds is 7. The van der Waals surface area contributed by atoms with Gasteiger partial charge in [0, 0.05) is 16.8 Å². The SMILES string of the molecule is Cc1c(C(F)(F)F)nnc(Oc2ccc(F)c(OC(C)C)c2F)c1C(=O)Nc1cccc(S(C)(=N)=O)c1. The maximum Gasteiger partial charge on any atom is 0.435 e. The first-order valence-corrected chi connectivity index (χ1v) is 12.5. The van der Waals surface area contributed by atoms with Crippen molar-refractivity contribution in [1.82, 2.24) is 10.2 Å². The van der Waals surface area contributed by atoms with Crippen molar-refractivity contribution in [3.8, 4) is 17.4 Å². The van der Waals surface area contributed by atoms with E-state index in [0.717, 1.165) is 25.3 Å². The lowest BCUT2D eigenvalue weighted by atomic mass is 10.1. The van der Waals surface area contributed by atoms with Gasteiger partial charge in [-0.3, -0.25) is 4.79 Å². The van der Waals surface area contributed by atoms with Gasteiger partial charge in [0.25, 0.3) is 11.8 Å². The number of halogens is 5. The third kappa shape index (κ3) is 6.31. The van der Waals surface area contributed by atoms with Crippen LogP contribution in [-0.4, -0.2) is 32.7 Å². The number of benzene rings is 2. The van der Waals surface area contributed by atoms with Gasteiger partial charge in [-0.25, -0.2) is 13.4 Å². The molecule has 3 aromatic rings. The zero-order valence-electron chi connectivity index (χ0n) is 19.9. The number of hydrogen-bond donors (Lipinski definition) is 2. The lowest BCUT2D eigenvalue weighted by Crippen LogP contribution is -2.21. The van der Waals surface area contributed by atoms with E-state index in [2.05, 4.69) is 15.5 Å². The molecule has 0 bridgehead atoms. The van der Waals surface area contributed by atoms with Crippen LogP contribution in [0.15, 0.2) is 41.3 Å². The van der Waals surface area contributed by atoms with Crippen molar-refractivity contribution in [3.05, 3.63) is 64.9 Å². The first kappa shape index (κ1) is 27.8. The minimum absolute atomic E-state index is 0.0145. The highest BCUT2D eigenvalue weighted by Crippen LogP contribution is 2.37. The molecular formula is C23H21F5N4O4S. The Morgan fingerprint density at radius 3 is 2.41 bits per heavy atom. The molecule has 0 fully saturated rings. The molecule has 0 aliphatic rings. The van der Waals surface area contributed by atoms with Crippen LogP contribution in [-0.2, 0) is 15.9 Å². The number of nitrogens with one attached hydrogen (secondary N) is 2. The maximum atomic E-state index is 14.9. The molecule has 0 radical (unpaired) electrons. The smallest absolute Gasteiger partial charge is 0.435 e. The van der Waals surface area contributed by atoms with Crippen molar-refractivity contribution in [1.29, 1.82) is 4.78 Å². The first-order valence-electron chi connectivity index (χ1n) is 10.5. The molecule has 0 spiro atoms. The highest BCUT2D eigenvalue weighted by molar-refractivity contribution is 7.91. The zero-order valence-corrected chi connectivity index (χ0v) is 20.7. The Labute approximate surface area is 208 Å². The number of nitrogens with zero attached hydrogens (tertiary/aromatic N) is 2. The average molecular weight is 545 g/mol. The second kappa shape index (κ2) is 10.3. The molecule has 198 valence electrons. The fraction of sp³-hybridized carbons (Fsp3) is 0.261. The monoisotopic (exact) mass is 544 g/mol. The predicted octanol–water partition coefficient (Wildman–Crippen LogP) is 5.95. The number of carbonyl (C=O) groups excluding carboxylic acids is 1. The number of amides is 1. The summed E-state index contributed by atoms with van der Waals surface area (Å²) in [6, 6.07) is 7.02. The number of alkyl halides is 3. The van der Waals surface area contributed by atoms with Crippen LogP contribution in [0.25, 0.3) is 0 Å². The van der Waals surface area contributed by atoms with E-state index in [1.165, 1.54) is 38.1 Å². The van der Waals surface area contributed by atoms with Crippen LogP contribution in [0.5, 0.6) is 17.4 Å². The summed E-state index contributed by atoms with van der Waals surface area (Å²) in [7, 11) is -3.16. The molecule has 1 heterocycles. The van der Waals surface area contributed by atoms with Crippen LogP contribution >= 0.6 is 0 Å². The van der Waals surface area contributed by atoms with Gasteiger partial charge in [-0.2, -0.15) is 17.6 Å². The molecule has 0 saturated heterocycles. The van der Waals surface area contributed by atoms with Crippen molar-refractivity contribution in [2.24, 2.45) is 0 Å². The second-order valence-corrected chi connectivity index (χ2v) is 10.3. The maximum absolute atomic E-state index is 14.9. The minimum Gasteiger partial charge on any atom is -0.485 e. The predicted molar refractivity (Wildman–Crippen MR) is 123 cm³/mol. The molecule has 1 atom stereocenters. The Morgan fingerprint density at radius 1 is 1.14 bits per heavy atom. The topological polar surface area (TPSA) is 114 Å². The van der Waals surface area contributed by atoms with Crippen molar-refractivity contribution in [3.63, 3.8) is 0 Å². The molecule has 1 amide bonds. The van der Waals surface area contributed by atoms with E-state index in [-0.39, 0.29) is 10.6 Å². The second-order valence-electron chi connectivity index (χ2n) is 8.13. The first-order chi connectivity index (χ1) is 17.1. The van der Waals surface area contributed by atoms with E-state index in [1.807, 2.05) is 0 Å². The Hall–Kier alpha value is -3.81. The summed E-state index contributed by atoms with van der Waals surface area (Å²) in [6.45, 7) is 3.99. The Morgan fingerprint density at radius 2 is 1.81 bits per heavy atom. The van der Waals surface area contributed by atoms with E-state index in [9.17, 15) is 31.0 Å². The molecule has 1 aromatic heterocycles. The molecule has 2 N–H and O–H groups in total. The molecule has 14 heteroatoms. The number of anilines is 1. The molecule has 2 aromatic carbocycles. The van der Waals surface area contributed by atoms with Crippen LogP contribution in [0.4, 0.5) is 27.6 Å². The van der Waals surface area contributed by atoms with Crippen LogP contribution in [0, 0.1) is 23.3 Å². The summed E-state index contributed by atoms with van der Waals surface area (Å²) in [5.74, 6) is -5.75. The summed E-state index contributed by atoms with van der Waals surface area (Å²) in [4.78, 5) is 13.2. The summed E-state index contributed by atoms with van der Waals surface area (Å²) in [5, 5.41) is 8.77. The Bertz CT molecular complexity index is 1460. The van der Waals surface area contributed by atoms with Gasteiger partial charge < -0.3 is 14.8 Å². The van der Waals surface area contributed by atoms with E-state index in [1.54, 1.807) is 0 Å². The molecule has 0 saturated carbocycles. The highest BCUT2D eigenvalue weighted by atomic mass is 32.2. The number of aromatic nitrogens is 2. The summed E-state index contributed by atoms with van der Waals surface area (Å²) in [6.07, 6.45) is -4.45. The number of ether oxygens (including phenoxy) is 2. The number of hydrogen-bond acceptors (Lipinski definition) is 7. The van der Waals surface area contributed by atoms with E-state index >= 15 is 0 Å². The quantitative estimate of drug-likeness (QED) is 0.356. The normalized spacial score (nSPS) is 13.2. The standard InChI is InChI=1S/C23H21F5N4O4S/c1-11(2)35-19-15(24)8-9-16(18(19)25)36-22-17(12(3)20(31-32-22)23(26,27)28)21(33)30-13-6-5-7-14(10-13)37(4,29)34/h5-11,29H,1-4H3,(H,30,33). The van der Waals surface area contributed by atoms with Crippen LogP contribution in [0.2, 0.25) is 0 Å². The largest absolute Gasteiger partial charge is 0.485 e. The average Bonchev–Trinajstić information content (AvgIpc) is 2.77. The molecule has 8 nitrogen and oxygen atoms in total. The van der Waals surface area contributed by atoms with Crippen molar-refractivity contribution >= 4 is 21.3 Å². The van der Waals surface area contributed by atoms with Gasteiger partial charge >= 0.3 is 6.18 Å². The van der Waals surface area contributed by atoms with Crippen molar-refractivity contribution < 1.29 is 40.4 Å². The molecule has 0 aliphatic heterocycles. The summed E-state index contributed by atoms with van der Waals surface area (Å²) in [5.41, 5.74) is -2.87. The zero-order chi connectivity index (χ0) is 27.7. The van der Waals surface area contributed by atoms with E-state index in [4.69, 9.17) is 14.3 Å². The minimum atomic E-state index is -4.98. The van der Waals surface area contributed by atoms with E-state index in [0.29, 0.717) is 0 Å². The third-order valence-electron chi connectivity index (χ3n) is 4.80. The molecule has 1 unspecified atom stereocenters. The Balaban J connectivity index is 2.10. The number of carbonyl (C=O) groups is 1. The fourth-order valence-corrected chi connectivity index (χ4v) is 3.85. The Kier molecular flexibility index (Phi) is 7.72. The van der Waals surface area contributed by atoms with Gasteiger partial charge in [0.15, 0.2) is 23.0 Å². The third-order valence-corrected chi connectivity index (χ3v) is 5.95. The van der Waals surface area contributed by atoms with Gasteiger partial charge in [0.05, 0.1) is 15.8 Å². The van der Waals surface area contributed by atoms with Crippen LogP contribution in [0.3, 0.4) is 0 Å². The van der Waals surface area contributed by atoms with E-state index < -0.39 is 73.8 Å². The fourth-order valence-electron chi connectivity index (χ4n) is 3.16. The summed E-state index contributed by atoms with van der Waals surface area (Å²) < 4.78 is 99.6. The van der Waals surface area contributed by atoms with Crippen LogP contribution in [0.1, 0.15) is 35.5 Å². The van der Waals surface area contributed by atoms with Crippen molar-refractivity contribution in [2.45, 2.75) is 37.9 Å². The molecule has 37 heavy (non-hydrogen) atoms. The van der Waals surface area contributed by atoms with Gasteiger partial charge in [-0.05, 0) is 56.7 Å². The van der Waals surface area contributed by atoms with Gasteiger partial charge in [0.1, 0.15) is 5.56 Å². The van der Waals surface area contributed by atoms with Gasteiger partial charge in [-0.15, -0.1) is 10.2 Å². The van der Waals surface area contributed by atoms with Gasteiger partial charge in [0.2, 0.25) is 5.82 Å². The molecular weight excluding hydrogens is 523 g/mol. The molecule has 3 rings (SSSR count). The van der Waals surface area contributed by atoms with Gasteiger partial charge in [-0.1, -0.05) is 6.07 Å². The summed E-state index contributed by atoms with van der Waals surface area (Å²) >= 11 is 0. The molecule has 0 aliphatic carbocycles. The lowest BCUT2D eigenvalue weighted by Gasteiger charge is -2.17. The van der Waals surface area contributed by atoms with Crippen molar-refractivity contribution in [2.75, 3.05) is 11.6 Å². The highest BCUT2D eigenvalue weighted by Gasteiger charge is 2.38. The lowest BCUT2D eigenvalue weighted by molar-refractivity contribution is -0.142.